The largest absolute Gasteiger partial charge is 0.497 e. The molecule has 3 aromatic rings. The minimum absolute atomic E-state index is 0.199. The first-order chi connectivity index (χ1) is 13.5. The van der Waals surface area contributed by atoms with Crippen molar-refractivity contribution in [2.24, 2.45) is 0 Å². The molecule has 5 nitrogen and oxygen atoms in total. The third-order valence-electron chi connectivity index (χ3n) is 5.24. The predicted molar refractivity (Wildman–Crippen MR) is 101 cm³/mol. The summed E-state index contributed by atoms with van der Waals surface area (Å²) in [6.45, 7) is 4.72. The number of pyridine rings is 1. The smallest absolute Gasteiger partial charge is 0.417 e. The first-order valence-corrected chi connectivity index (χ1v) is 9.30. The Hall–Kier alpha value is -2.32. The van der Waals surface area contributed by atoms with Crippen molar-refractivity contribution in [3.05, 3.63) is 36.2 Å². The van der Waals surface area contributed by atoms with Gasteiger partial charge in [0.15, 0.2) is 0 Å². The van der Waals surface area contributed by atoms with E-state index in [0.717, 1.165) is 45.3 Å². The number of rotatable bonds is 5. The van der Waals surface area contributed by atoms with Crippen LogP contribution >= 0.6 is 0 Å². The van der Waals surface area contributed by atoms with E-state index in [1.807, 2.05) is 4.57 Å². The molecule has 0 unspecified atom stereocenters. The molecule has 28 heavy (non-hydrogen) atoms. The van der Waals surface area contributed by atoms with E-state index in [1.165, 1.54) is 13.3 Å². The van der Waals surface area contributed by atoms with Crippen LogP contribution < -0.4 is 4.74 Å². The Morgan fingerprint density at radius 3 is 2.64 bits per heavy atom. The van der Waals surface area contributed by atoms with Gasteiger partial charge in [-0.1, -0.05) is 0 Å². The van der Waals surface area contributed by atoms with E-state index in [9.17, 15) is 13.2 Å². The van der Waals surface area contributed by atoms with E-state index >= 15 is 0 Å². The number of hydrogen-bond acceptors (Lipinski definition) is 4. The van der Waals surface area contributed by atoms with Crippen LogP contribution in [0.4, 0.5) is 13.2 Å². The van der Waals surface area contributed by atoms with Crippen molar-refractivity contribution >= 4 is 21.8 Å². The lowest BCUT2D eigenvalue weighted by atomic mass is 10.1. The van der Waals surface area contributed by atoms with Crippen LogP contribution in [0, 0.1) is 0 Å². The zero-order chi connectivity index (χ0) is 19.7. The lowest BCUT2D eigenvalue weighted by Crippen LogP contribution is -2.37. The molecule has 2 aromatic heterocycles. The highest BCUT2D eigenvalue weighted by Crippen LogP contribution is 2.42. The number of methoxy groups -OCH3 is 1. The van der Waals surface area contributed by atoms with Crippen LogP contribution in [-0.4, -0.2) is 54.4 Å². The third kappa shape index (κ3) is 3.54. The maximum Gasteiger partial charge on any atom is 0.417 e. The number of halogens is 3. The van der Waals surface area contributed by atoms with Gasteiger partial charge in [-0.2, -0.15) is 13.2 Å². The molecular formula is C20H22F3N3O2. The summed E-state index contributed by atoms with van der Waals surface area (Å²) < 4.78 is 53.7. The van der Waals surface area contributed by atoms with Gasteiger partial charge in [0.05, 0.1) is 43.1 Å². The number of morpholine rings is 1. The molecule has 150 valence electrons. The van der Waals surface area contributed by atoms with Gasteiger partial charge >= 0.3 is 6.18 Å². The summed E-state index contributed by atoms with van der Waals surface area (Å²) in [5.74, 6) is 0.199. The molecule has 0 N–H and O–H groups in total. The van der Waals surface area contributed by atoms with Gasteiger partial charge in [0.25, 0.3) is 0 Å². The van der Waals surface area contributed by atoms with Crippen molar-refractivity contribution in [2.45, 2.75) is 19.1 Å². The second-order valence-electron chi connectivity index (χ2n) is 6.92. The Balaban J connectivity index is 1.77. The van der Waals surface area contributed by atoms with Gasteiger partial charge in [0.2, 0.25) is 0 Å². The predicted octanol–water partition coefficient (Wildman–Crippen LogP) is 3.94. The highest BCUT2D eigenvalue weighted by molar-refractivity contribution is 6.10. The number of benzene rings is 1. The van der Waals surface area contributed by atoms with Crippen molar-refractivity contribution in [3.63, 3.8) is 0 Å². The molecule has 0 bridgehead atoms. The first kappa shape index (κ1) is 19.0. The zero-order valence-electron chi connectivity index (χ0n) is 15.6. The zero-order valence-corrected chi connectivity index (χ0v) is 15.6. The van der Waals surface area contributed by atoms with E-state index < -0.39 is 11.7 Å². The standard InChI is InChI=1S/C20H22F3N3O2/c1-27-14-11-16(20(21,22)23)19-15-3-4-24-13-18(15)26(17(19)12-14)6-2-5-25-7-9-28-10-8-25/h3-4,11-13H,2,5-10H2,1H3. The summed E-state index contributed by atoms with van der Waals surface area (Å²) in [4.78, 5) is 6.46. The van der Waals surface area contributed by atoms with Crippen LogP contribution in [0.3, 0.4) is 0 Å². The number of ether oxygens (including phenoxy) is 2. The van der Waals surface area contributed by atoms with Crippen LogP contribution in [0.25, 0.3) is 21.8 Å². The Bertz CT molecular complexity index is 978. The van der Waals surface area contributed by atoms with Gasteiger partial charge in [-0.15, -0.1) is 0 Å². The minimum Gasteiger partial charge on any atom is -0.497 e. The minimum atomic E-state index is -4.47. The Morgan fingerprint density at radius 2 is 1.93 bits per heavy atom. The number of fused-ring (bicyclic) bond motifs is 3. The van der Waals surface area contributed by atoms with Crippen LogP contribution in [0.15, 0.2) is 30.6 Å². The number of alkyl halides is 3. The lowest BCUT2D eigenvalue weighted by molar-refractivity contribution is -0.136. The van der Waals surface area contributed by atoms with E-state index in [1.54, 1.807) is 18.3 Å². The summed E-state index contributed by atoms with van der Waals surface area (Å²) in [6, 6.07) is 4.40. The summed E-state index contributed by atoms with van der Waals surface area (Å²) in [5, 5.41) is 0.767. The van der Waals surface area contributed by atoms with Gasteiger partial charge in [-0.05, 0) is 18.6 Å². The third-order valence-corrected chi connectivity index (χ3v) is 5.24. The molecule has 1 fully saturated rings. The Morgan fingerprint density at radius 1 is 1.14 bits per heavy atom. The van der Waals surface area contributed by atoms with Crippen molar-refractivity contribution in [1.82, 2.24) is 14.5 Å². The highest BCUT2D eigenvalue weighted by Gasteiger charge is 2.35. The molecular weight excluding hydrogens is 371 g/mol. The second-order valence-corrected chi connectivity index (χ2v) is 6.92. The average molecular weight is 393 g/mol. The van der Waals surface area contributed by atoms with Crippen LogP contribution in [0.5, 0.6) is 5.75 Å². The van der Waals surface area contributed by atoms with Crippen molar-refractivity contribution in [1.29, 1.82) is 0 Å². The van der Waals surface area contributed by atoms with E-state index in [4.69, 9.17) is 9.47 Å². The molecule has 1 aliphatic heterocycles. The fourth-order valence-electron chi connectivity index (χ4n) is 3.90. The van der Waals surface area contributed by atoms with Crippen molar-refractivity contribution in [3.8, 4) is 5.75 Å². The molecule has 0 atom stereocenters. The topological polar surface area (TPSA) is 39.5 Å². The second kappa shape index (κ2) is 7.60. The summed E-state index contributed by atoms with van der Waals surface area (Å²) in [7, 11) is 1.38. The molecule has 1 saturated heterocycles. The molecule has 1 aliphatic rings. The lowest BCUT2D eigenvalue weighted by Gasteiger charge is -2.26. The van der Waals surface area contributed by atoms with Gasteiger partial charge in [-0.25, -0.2) is 0 Å². The van der Waals surface area contributed by atoms with Crippen LogP contribution in [0.1, 0.15) is 12.0 Å². The fraction of sp³-hybridized carbons (Fsp3) is 0.450. The monoisotopic (exact) mass is 393 g/mol. The molecule has 0 spiro atoms. The van der Waals surface area contributed by atoms with E-state index in [2.05, 4.69) is 9.88 Å². The van der Waals surface area contributed by atoms with Crippen LogP contribution in [-0.2, 0) is 17.5 Å². The molecule has 0 saturated carbocycles. The maximum absolute atomic E-state index is 13.8. The normalized spacial score (nSPS) is 16.1. The Labute approximate surface area is 160 Å². The molecule has 4 rings (SSSR count). The number of nitrogens with zero attached hydrogens (tertiary/aromatic N) is 3. The fourth-order valence-corrected chi connectivity index (χ4v) is 3.90. The number of hydrogen-bond donors (Lipinski definition) is 0. The van der Waals surface area contributed by atoms with Gasteiger partial charge in [0, 0.05) is 49.2 Å². The number of aromatic nitrogens is 2. The first-order valence-electron chi connectivity index (χ1n) is 9.30. The SMILES string of the molecule is COc1cc(C(F)(F)F)c2c3ccncc3n(CCCN3CCOCC3)c2c1. The maximum atomic E-state index is 13.8. The van der Waals surface area contributed by atoms with E-state index in [0.29, 0.717) is 23.0 Å². The van der Waals surface area contributed by atoms with Crippen molar-refractivity contribution in [2.75, 3.05) is 40.0 Å². The molecule has 0 aliphatic carbocycles. The van der Waals surface area contributed by atoms with Gasteiger partial charge < -0.3 is 14.0 Å². The molecule has 0 amide bonds. The summed E-state index contributed by atoms with van der Waals surface area (Å²) >= 11 is 0. The highest BCUT2D eigenvalue weighted by atomic mass is 19.4. The van der Waals surface area contributed by atoms with Gasteiger partial charge in [-0.3, -0.25) is 9.88 Å². The van der Waals surface area contributed by atoms with E-state index in [-0.39, 0.29) is 11.1 Å². The molecule has 3 heterocycles. The molecule has 1 aromatic carbocycles. The average Bonchev–Trinajstić information content (AvgIpc) is 3.01. The quantitative estimate of drug-likeness (QED) is 0.658. The summed E-state index contributed by atoms with van der Waals surface area (Å²) in [5.41, 5.74) is 0.555. The number of aryl methyl sites for hydroxylation is 1. The molecule has 8 heteroatoms. The van der Waals surface area contributed by atoms with Gasteiger partial charge in [0.1, 0.15) is 5.75 Å². The Kier molecular flexibility index (Phi) is 5.16. The van der Waals surface area contributed by atoms with Crippen molar-refractivity contribution < 1.29 is 22.6 Å². The summed E-state index contributed by atoms with van der Waals surface area (Å²) in [6.07, 6.45) is -0.476. The molecule has 0 radical (unpaired) electrons. The van der Waals surface area contributed by atoms with Crippen LogP contribution in [0.2, 0.25) is 0 Å².